The maximum Gasteiger partial charge on any atom is 0.263 e. The van der Waals surface area contributed by atoms with Crippen molar-refractivity contribution in [3.63, 3.8) is 0 Å². The fourth-order valence-corrected chi connectivity index (χ4v) is 5.00. The van der Waals surface area contributed by atoms with Gasteiger partial charge in [-0.2, -0.15) is 0 Å². The second-order valence-electron chi connectivity index (χ2n) is 6.49. The van der Waals surface area contributed by atoms with Crippen molar-refractivity contribution in [2.45, 2.75) is 17.9 Å². The number of carbonyl (C=O) groups excluding carboxylic acids is 1. The summed E-state index contributed by atoms with van der Waals surface area (Å²) in [6, 6.07) is 8.63. The molecular weight excluding hydrogens is 410 g/mol. The van der Waals surface area contributed by atoms with Crippen molar-refractivity contribution in [2.75, 3.05) is 22.7 Å². The lowest BCUT2D eigenvalue weighted by Crippen LogP contribution is -2.37. The summed E-state index contributed by atoms with van der Waals surface area (Å²) < 4.78 is 27.6. The first-order valence-electron chi connectivity index (χ1n) is 8.98. The van der Waals surface area contributed by atoms with Gasteiger partial charge in [0.2, 0.25) is 5.91 Å². The van der Waals surface area contributed by atoms with Crippen LogP contribution < -0.4 is 14.9 Å². The Kier molecular flexibility index (Phi) is 5.56. The van der Waals surface area contributed by atoms with Crippen LogP contribution in [0.25, 0.3) is 0 Å². The number of nitrogens with zero attached hydrogens (tertiary/aromatic N) is 3. The number of pyridine rings is 1. The number of rotatable bonds is 7. The summed E-state index contributed by atoms with van der Waals surface area (Å²) in [5.41, 5.74) is 2.65. The number of benzene rings is 1. The molecule has 3 heterocycles. The summed E-state index contributed by atoms with van der Waals surface area (Å²) in [4.78, 5) is 22.4. The monoisotopic (exact) mass is 429 g/mol. The molecule has 29 heavy (non-hydrogen) atoms. The van der Waals surface area contributed by atoms with Crippen molar-refractivity contribution < 1.29 is 13.2 Å². The molecule has 0 saturated heterocycles. The van der Waals surface area contributed by atoms with E-state index in [1.165, 1.54) is 23.6 Å². The molecule has 2 N–H and O–H groups in total. The SMILES string of the molecule is O=C(CNCc1ccncc1)N1CCc2cc(S(=O)(=O)Nc3nccs3)ccc21. The van der Waals surface area contributed by atoms with Gasteiger partial charge in [-0.3, -0.25) is 14.5 Å². The molecule has 0 atom stereocenters. The maximum absolute atomic E-state index is 12.6. The lowest BCUT2D eigenvalue weighted by atomic mass is 10.2. The molecule has 0 unspecified atom stereocenters. The van der Waals surface area contributed by atoms with Crippen LogP contribution in [0.5, 0.6) is 0 Å². The van der Waals surface area contributed by atoms with Crippen molar-refractivity contribution in [2.24, 2.45) is 0 Å². The molecule has 1 aromatic carbocycles. The summed E-state index contributed by atoms with van der Waals surface area (Å²) in [6.45, 7) is 1.32. The van der Waals surface area contributed by atoms with Gasteiger partial charge in [0.25, 0.3) is 10.0 Å². The van der Waals surface area contributed by atoms with Crippen molar-refractivity contribution >= 4 is 38.1 Å². The topological polar surface area (TPSA) is 104 Å². The third-order valence-electron chi connectivity index (χ3n) is 4.57. The van der Waals surface area contributed by atoms with E-state index in [4.69, 9.17) is 0 Å². The Morgan fingerprint density at radius 1 is 1.17 bits per heavy atom. The van der Waals surface area contributed by atoms with Gasteiger partial charge in [0, 0.05) is 42.7 Å². The van der Waals surface area contributed by atoms with E-state index in [9.17, 15) is 13.2 Å². The number of nitrogens with one attached hydrogen (secondary N) is 2. The summed E-state index contributed by atoms with van der Waals surface area (Å²) in [5, 5.41) is 5.16. The minimum atomic E-state index is -3.71. The van der Waals surface area contributed by atoms with E-state index in [-0.39, 0.29) is 17.3 Å². The fourth-order valence-electron chi connectivity index (χ4n) is 3.16. The minimum absolute atomic E-state index is 0.0469. The summed E-state index contributed by atoms with van der Waals surface area (Å²) in [6.07, 6.45) is 5.58. The molecule has 0 radical (unpaired) electrons. The van der Waals surface area contributed by atoms with E-state index in [0.29, 0.717) is 24.6 Å². The second kappa shape index (κ2) is 8.27. The number of carbonyl (C=O) groups is 1. The Balaban J connectivity index is 1.42. The molecule has 0 bridgehead atoms. The van der Waals surface area contributed by atoms with Crippen LogP contribution in [0.2, 0.25) is 0 Å². The standard InChI is InChI=1S/C19H19N5O3S2/c25-18(13-21-12-14-3-6-20-7-4-14)24-9-5-15-11-16(1-2-17(15)24)29(26,27)23-19-22-8-10-28-19/h1-4,6-8,10-11,21H,5,9,12-13H2,(H,22,23). The average Bonchev–Trinajstić information content (AvgIpc) is 3.37. The van der Waals surface area contributed by atoms with Crippen LogP contribution in [0.15, 0.2) is 59.2 Å². The number of amides is 1. The minimum Gasteiger partial charge on any atom is -0.311 e. The highest BCUT2D eigenvalue weighted by atomic mass is 32.2. The highest BCUT2D eigenvalue weighted by Gasteiger charge is 2.26. The first kappa shape index (κ1) is 19.5. The highest BCUT2D eigenvalue weighted by molar-refractivity contribution is 7.93. The summed E-state index contributed by atoms with van der Waals surface area (Å²) in [5.74, 6) is -0.0469. The van der Waals surface area contributed by atoms with E-state index >= 15 is 0 Å². The summed E-state index contributed by atoms with van der Waals surface area (Å²) in [7, 11) is -3.71. The Morgan fingerprint density at radius 3 is 2.76 bits per heavy atom. The zero-order chi connectivity index (χ0) is 20.3. The van der Waals surface area contributed by atoms with Gasteiger partial charge in [-0.05, 0) is 47.9 Å². The van der Waals surface area contributed by atoms with Crippen molar-refractivity contribution in [3.05, 3.63) is 65.4 Å². The van der Waals surface area contributed by atoms with Gasteiger partial charge in [-0.1, -0.05) is 0 Å². The van der Waals surface area contributed by atoms with Gasteiger partial charge >= 0.3 is 0 Å². The van der Waals surface area contributed by atoms with E-state index in [0.717, 1.165) is 16.8 Å². The molecule has 1 amide bonds. The van der Waals surface area contributed by atoms with Crippen LogP contribution in [0.1, 0.15) is 11.1 Å². The number of sulfonamides is 1. The number of anilines is 2. The molecule has 0 spiro atoms. The maximum atomic E-state index is 12.6. The molecule has 0 fully saturated rings. The fraction of sp³-hybridized carbons (Fsp3) is 0.211. The van der Waals surface area contributed by atoms with Gasteiger partial charge in [0.1, 0.15) is 0 Å². The Labute approximate surface area is 172 Å². The van der Waals surface area contributed by atoms with Crippen LogP contribution in [0.3, 0.4) is 0 Å². The van der Waals surface area contributed by atoms with E-state index in [2.05, 4.69) is 20.0 Å². The van der Waals surface area contributed by atoms with Crippen LogP contribution in [0, 0.1) is 0 Å². The predicted molar refractivity (Wildman–Crippen MR) is 111 cm³/mol. The van der Waals surface area contributed by atoms with Crippen LogP contribution >= 0.6 is 11.3 Å². The lowest BCUT2D eigenvalue weighted by Gasteiger charge is -2.18. The second-order valence-corrected chi connectivity index (χ2v) is 9.06. The van der Waals surface area contributed by atoms with Crippen LogP contribution in [-0.4, -0.2) is 37.4 Å². The Morgan fingerprint density at radius 2 is 2.00 bits per heavy atom. The highest BCUT2D eigenvalue weighted by Crippen LogP contribution is 2.31. The zero-order valence-corrected chi connectivity index (χ0v) is 17.0. The number of hydrogen-bond donors (Lipinski definition) is 2. The average molecular weight is 430 g/mol. The number of fused-ring (bicyclic) bond motifs is 1. The Hall–Kier alpha value is -2.82. The molecule has 3 aromatic rings. The number of thiazole rings is 1. The van der Waals surface area contributed by atoms with Gasteiger partial charge in [-0.15, -0.1) is 11.3 Å². The largest absolute Gasteiger partial charge is 0.311 e. The molecular formula is C19H19N5O3S2. The third-order valence-corrected chi connectivity index (χ3v) is 6.72. The molecule has 0 aliphatic carbocycles. The zero-order valence-electron chi connectivity index (χ0n) is 15.4. The predicted octanol–water partition coefficient (Wildman–Crippen LogP) is 2.02. The first-order valence-corrected chi connectivity index (χ1v) is 11.3. The van der Waals surface area contributed by atoms with E-state index in [1.807, 2.05) is 12.1 Å². The number of aromatic nitrogens is 2. The lowest BCUT2D eigenvalue weighted by molar-refractivity contribution is -0.117. The van der Waals surface area contributed by atoms with Gasteiger partial charge in [-0.25, -0.2) is 13.4 Å². The van der Waals surface area contributed by atoms with E-state index < -0.39 is 10.0 Å². The van der Waals surface area contributed by atoms with Gasteiger partial charge in [0.05, 0.1) is 11.4 Å². The van der Waals surface area contributed by atoms with E-state index in [1.54, 1.807) is 34.8 Å². The molecule has 0 saturated carbocycles. The molecule has 150 valence electrons. The first-order chi connectivity index (χ1) is 14.0. The molecule has 8 nitrogen and oxygen atoms in total. The van der Waals surface area contributed by atoms with Crippen LogP contribution in [-0.2, 0) is 27.8 Å². The normalized spacial score (nSPS) is 13.3. The Bertz CT molecular complexity index is 1100. The molecule has 1 aliphatic heterocycles. The summed E-state index contributed by atoms with van der Waals surface area (Å²) >= 11 is 1.22. The quantitative estimate of drug-likeness (QED) is 0.595. The van der Waals surface area contributed by atoms with Gasteiger partial charge in [0.15, 0.2) is 5.13 Å². The molecule has 2 aromatic heterocycles. The molecule has 1 aliphatic rings. The van der Waals surface area contributed by atoms with Crippen molar-refractivity contribution in [1.82, 2.24) is 15.3 Å². The van der Waals surface area contributed by atoms with Crippen LogP contribution in [0.4, 0.5) is 10.8 Å². The van der Waals surface area contributed by atoms with Crippen molar-refractivity contribution in [3.8, 4) is 0 Å². The smallest absolute Gasteiger partial charge is 0.263 e. The van der Waals surface area contributed by atoms with Gasteiger partial charge < -0.3 is 10.2 Å². The molecule has 10 heteroatoms. The number of hydrogen-bond acceptors (Lipinski definition) is 7. The third kappa shape index (κ3) is 4.44. The van der Waals surface area contributed by atoms with Crippen molar-refractivity contribution in [1.29, 1.82) is 0 Å². The molecule has 4 rings (SSSR count).